The van der Waals surface area contributed by atoms with E-state index in [4.69, 9.17) is 17.3 Å². The lowest BCUT2D eigenvalue weighted by Gasteiger charge is -2.41. The number of rotatable bonds is 3. The van der Waals surface area contributed by atoms with Crippen molar-refractivity contribution in [3.05, 3.63) is 17.3 Å². The minimum atomic E-state index is -0.218. The fourth-order valence-corrected chi connectivity index (χ4v) is 2.00. The van der Waals surface area contributed by atoms with Crippen LogP contribution in [0.1, 0.15) is 19.3 Å². The fraction of sp³-hybridized carbons (Fsp3) is 0.500. The third-order valence-electron chi connectivity index (χ3n) is 2.82. The van der Waals surface area contributed by atoms with Crippen molar-refractivity contribution in [3.8, 4) is 0 Å². The highest BCUT2D eigenvalue weighted by atomic mass is 35.5. The first-order valence-electron chi connectivity index (χ1n) is 4.96. The molecule has 0 unspecified atom stereocenters. The molecule has 0 amide bonds. The van der Waals surface area contributed by atoms with E-state index in [1.54, 1.807) is 12.1 Å². The summed E-state index contributed by atoms with van der Waals surface area (Å²) in [5.41, 5.74) is 6.01. The number of nitrogen functional groups attached to an aromatic ring is 1. The molecular formula is C10H14ClN3O. The summed E-state index contributed by atoms with van der Waals surface area (Å²) >= 11 is 5.79. The summed E-state index contributed by atoms with van der Waals surface area (Å²) in [7, 11) is 0. The fourth-order valence-electron chi connectivity index (χ4n) is 1.78. The van der Waals surface area contributed by atoms with Crippen molar-refractivity contribution in [2.45, 2.75) is 24.8 Å². The summed E-state index contributed by atoms with van der Waals surface area (Å²) in [6.45, 7) is 0.112. The zero-order valence-corrected chi connectivity index (χ0v) is 9.09. The minimum Gasteiger partial charge on any atom is -0.399 e. The molecule has 15 heavy (non-hydrogen) atoms. The van der Waals surface area contributed by atoms with E-state index >= 15 is 0 Å². The van der Waals surface area contributed by atoms with Gasteiger partial charge in [-0.2, -0.15) is 0 Å². The number of anilines is 2. The SMILES string of the molecule is Nc1cc(Cl)nc(NC2(CO)CCC2)c1. The Labute approximate surface area is 93.5 Å². The number of pyridine rings is 1. The van der Waals surface area contributed by atoms with Gasteiger partial charge in [-0.15, -0.1) is 0 Å². The van der Waals surface area contributed by atoms with Crippen LogP contribution in [0.4, 0.5) is 11.5 Å². The molecule has 0 spiro atoms. The largest absolute Gasteiger partial charge is 0.399 e. The third-order valence-corrected chi connectivity index (χ3v) is 3.02. The van der Waals surface area contributed by atoms with E-state index in [1.807, 2.05) is 0 Å². The lowest BCUT2D eigenvalue weighted by molar-refractivity contribution is 0.144. The zero-order chi connectivity index (χ0) is 10.9. The van der Waals surface area contributed by atoms with E-state index in [2.05, 4.69) is 10.3 Å². The Kier molecular flexibility index (Phi) is 2.71. The van der Waals surface area contributed by atoms with Crippen molar-refractivity contribution in [3.63, 3.8) is 0 Å². The van der Waals surface area contributed by atoms with Gasteiger partial charge in [0.1, 0.15) is 11.0 Å². The summed E-state index contributed by atoms with van der Waals surface area (Å²) in [6.07, 6.45) is 3.04. The van der Waals surface area contributed by atoms with Crippen LogP contribution in [-0.2, 0) is 0 Å². The van der Waals surface area contributed by atoms with Gasteiger partial charge in [0, 0.05) is 11.8 Å². The van der Waals surface area contributed by atoms with Crippen molar-refractivity contribution in [1.29, 1.82) is 0 Å². The molecule has 1 aliphatic rings. The summed E-state index contributed by atoms with van der Waals surface area (Å²) in [5, 5.41) is 12.8. The highest BCUT2D eigenvalue weighted by molar-refractivity contribution is 6.29. The first kappa shape index (κ1) is 10.5. The van der Waals surface area contributed by atoms with Crippen molar-refractivity contribution >= 4 is 23.1 Å². The predicted molar refractivity (Wildman–Crippen MR) is 60.9 cm³/mol. The van der Waals surface area contributed by atoms with Crippen LogP contribution in [0.2, 0.25) is 5.15 Å². The Morgan fingerprint density at radius 3 is 2.73 bits per heavy atom. The molecule has 0 radical (unpaired) electrons. The normalized spacial score (nSPS) is 18.3. The van der Waals surface area contributed by atoms with Crippen LogP contribution in [-0.4, -0.2) is 22.2 Å². The van der Waals surface area contributed by atoms with Crippen LogP contribution in [0.15, 0.2) is 12.1 Å². The molecule has 4 nitrogen and oxygen atoms in total. The lowest BCUT2D eigenvalue weighted by atomic mass is 9.77. The van der Waals surface area contributed by atoms with Gasteiger partial charge in [-0.3, -0.25) is 0 Å². The van der Waals surface area contributed by atoms with Crippen LogP contribution in [0.3, 0.4) is 0 Å². The van der Waals surface area contributed by atoms with E-state index in [-0.39, 0.29) is 12.1 Å². The molecule has 0 saturated heterocycles. The highest BCUT2D eigenvalue weighted by Gasteiger charge is 2.36. The molecule has 1 saturated carbocycles. The van der Waals surface area contributed by atoms with Crippen molar-refractivity contribution in [1.82, 2.24) is 4.98 Å². The Morgan fingerprint density at radius 2 is 2.27 bits per heavy atom. The van der Waals surface area contributed by atoms with Gasteiger partial charge in [0.2, 0.25) is 0 Å². The van der Waals surface area contributed by atoms with Gasteiger partial charge in [0.05, 0.1) is 12.1 Å². The van der Waals surface area contributed by atoms with E-state index in [1.165, 1.54) is 0 Å². The smallest absolute Gasteiger partial charge is 0.133 e. The maximum absolute atomic E-state index is 9.28. The van der Waals surface area contributed by atoms with Gasteiger partial charge in [0.25, 0.3) is 0 Å². The van der Waals surface area contributed by atoms with E-state index in [9.17, 15) is 5.11 Å². The molecule has 0 bridgehead atoms. The van der Waals surface area contributed by atoms with Crippen LogP contribution in [0.5, 0.6) is 0 Å². The predicted octanol–water partition coefficient (Wildman–Crippen LogP) is 1.64. The lowest BCUT2D eigenvalue weighted by Crippen LogP contribution is -2.48. The van der Waals surface area contributed by atoms with Gasteiger partial charge < -0.3 is 16.2 Å². The summed E-state index contributed by atoms with van der Waals surface area (Å²) in [6, 6.07) is 3.32. The molecule has 0 atom stereocenters. The Bertz CT molecular complexity index is 340. The van der Waals surface area contributed by atoms with E-state index in [0.29, 0.717) is 16.7 Å². The number of halogens is 1. The van der Waals surface area contributed by atoms with E-state index in [0.717, 1.165) is 19.3 Å². The topological polar surface area (TPSA) is 71.2 Å². The van der Waals surface area contributed by atoms with Gasteiger partial charge in [-0.1, -0.05) is 11.6 Å². The molecule has 82 valence electrons. The third kappa shape index (κ3) is 2.16. The molecule has 0 aliphatic heterocycles. The molecule has 1 aromatic heterocycles. The maximum Gasteiger partial charge on any atom is 0.133 e. The molecule has 1 fully saturated rings. The second-order valence-corrected chi connectivity index (χ2v) is 4.41. The first-order chi connectivity index (χ1) is 7.13. The monoisotopic (exact) mass is 227 g/mol. The van der Waals surface area contributed by atoms with Crippen LogP contribution in [0, 0.1) is 0 Å². The Hall–Kier alpha value is -1.00. The first-order valence-corrected chi connectivity index (χ1v) is 5.33. The van der Waals surface area contributed by atoms with Gasteiger partial charge in [-0.05, 0) is 25.3 Å². The molecule has 1 aromatic rings. The quantitative estimate of drug-likeness (QED) is 0.687. The van der Waals surface area contributed by atoms with Gasteiger partial charge in [0.15, 0.2) is 0 Å². The Morgan fingerprint density at radius 1 is 1.53 bits per heavy atom. The van der Waals surface area contributed by atoms with Crippen molar-refractivity contribution < 1.29 is 5.11 Å². The number of nitrogens with one attached hydrogen (secondary N) is 1. The second-order valence-electron chi connectivity index (χ2n) is 4.03. The zero-order valence-electron chi connectivity index (χ0n) is 8.33. The van der Waals surface area contributed by atoms with Crippen molar-refractivity contribution in [2.75, 3.05) is 17.7 Å². The molecular weight excluding hydrogens is 214 g/mol. The average molecular weight is 228 g/mol. The number of aliphatic hydroxyl groups is 1. The van der Waals surface area contributed by atoms with Crippen molar-refractivity contribution in [2.24, 2.45) is 0 Å². The summed E-state index contributed by atoms with van der Waals surface area (Å²) in [5.74, 6) is 0.633. The molecule has 1 aliphatic carbocycles. The average Bonchev–Trinajstić information content (AvgIpc) is 2.10. The number of hydrogen-bond donors (Lipinski definition) is 3. The number of nitrogens with two attached hydrogens (primary N) is 1. The van der Waals surface area contributed by atoms with Gasteiger partial charge in [-0.25, -0.2) is 4.98 Å². The molecule has 1 heterocycles. The maximum atomic E-state index is 9.28. The van der Waals surface area contributed by atoms with Crippen LogP contribution < -0.4 is 11.1 Å². The Balaban J connectivity index is 2.16. The molecule has 2 rings (SSSR count). The number of aromatic nitrogens is 1. The molecule has 4 N–H and O–H groups in total. The number of nitrogens with zero attached hydrogens (tertiary/aromatic N) is 1. The standard InChI is InChI=1S/C10H14ClN3O/c11-8-4-7(12)5-9(13-8)14-10(6-15)2-1-3-10/h4-5,15H,1-3,6H2,(H3,12,13,14). The number of aliphatic hydroxyl groups excluding tert-OH is 1. The van der Waals surface area contributed by atoms with Crippen LogP contribution >= 0.6 is 11.6 Å². The summed E-state index contributed by atoms with van der Waals surface area (Å²) < 4.78 is 0. The number of hydrogen-bond acceptors (Lipinski definition) is 4. The highest BCUT2D eigenvalue weighted by Crippen LogP contribution is 2.34. The minimum absolute atomic E-state index is 0.112. The van der Waals surface area contributed by atoms with E-state index < -0.39 is 0 Å². The molecule has 5 heteroatoms. The van der Waals surface area contributed by atoms with Gasteiger partial charge >= 0.3 is 0 Å². The summed E-state index contributed by atoms with van der Waals surface area (Å²) in [4.78, 5) is 4.11. The molecule has 0 aromatic carbocycles. The van der Waals surface area contributed by atoms with Crippen LogP contribution in [0.25, 0.3) is 0 Å². The second kappa shape index (κ2) is 3.87.